The standard InChI is InChI=1S/C15H23BrN2O4S2/c1-15(2,3)22-14(19)17(4)11-6-5-9-18(10-11)24(20,21)13-8-7-12(16)23-13/h7-8,11H,5-6,9-10H2,1-4H3/t11-/m1/s1. The molecule has 0 radical (unpaired) electrons. The molecule has 9 heteroatoms. The van der Waals surface area contributed by atoms with Crippen LogP contribution in [0, 0.1) is 0 Å². The Bertz CT molecular complexity index is 697. The van der Waals surface area contributed by atoms with Gasteiger partial charge in [0.1, 0.15) is 9.81 Å². The van der Waals surface area contributed by atoms with E-state index in [2.05, 4.69) is 15.9 Å². The maximum Gasteiger partial charge on any atom is 0.410 e. The van der Waals surface area contributed by atoms with Gasteiger partial charge in [0, 0.05) is 26.2 Å². The van der Waals surface area contributed by atoms with Crippen LogP contribution in [0.4, 0.5) is 4.79 Å². The van der Waals surface area contributed by atoms with Gasteiger partial charge in [-0.25, -0.2) is 13.2 Å². The first kappa shape index (κ1) is 19.7. The highest BCUT2D eigenvalue weighted by Gasteiger charge is 2.35. The van der Waals surface area contributed by atoms with Crippen molar-refractivity contribution in [3.8, 4) is 0 Å². The highest BCUT2D eigenvalue weighted by atomic mass is 79.9. The van der Waals surface area contributed by atoms with E-state index < -0.39 is 21.7 Å². The van der Waals surface area contributed by atoms with Crippen molar-refractivity contribution in [2.75, 3.05) is 20.1 Å². The van der Waals surface area contributed by atoms with E-state index >= 15 is 0 Å². The third-order valence-corrected chi connectivity index (χ3v) is 7.69. The Morgan fingerprint density at radius 2 is 2.08 bits per heavy atom. The molecule has 0 bridgehead atoms. The van der Waals surface area contributed by atoms with Crippen molar-refractivity contribution in [3.63, 3.8) is 0 Å². The lowest BCUT2D eigenvalue weighted by Crippen LogP contribution is -2.51. The second-order valence-corrected chi connectivity index (χ2v) is 11.4. The van der Waals surface area contributed by atoms with Crippen LogP contribution in [-0.4, -0.2) is 55.5 Å². The minimum absolute atomic E-state index is 0.188. The fraction of sp³-hybridized carbons (Fsp3) is 0.667. The summed E-state index contributed by atoms with van der Waals surface area (Å²) >= 11 is 4.49. The molecule has 1 fully saturated rings. The molecule has 1 saturated heterocycles. The number of ether oxygens (including phenoxy) is 1. The highest BCUT2D eigenvalue weighted by molar-refractivity contribution is 9.11. The topological polar surface area (TPSA) is 66.9 Å². The molecule has 1 aromatic rings. The summed E-state index contributed by atoms with van der Waals surface area (Å²) in [6.07, 6.45) is 1.05. The van der Waals surface area contributed by atoms with E-state index in [-0.39, 0.29) is 12.6 Å². The van der Waals surface area contributed by atoms with Crippen LogP contribution in [0.2, 0.25) is 0 Å². The van der Waals surface area contributed by atoms with Gasteiger partial charge in [-0.15, -0.1) is 11.3 Å². The summed E-state index contributed by atoms with van der Waals surface area (Å²) in [6, 6.07) is 3.14. The van der Waals surface area contributed by atoms with E-state index in [0.29, 0.717) is 17.2 Å². The molecule has 2 rings (SSSR count). The first-order valence-electron chi connectivity index (χ1n) is 7.72. The fourth-order valence-corrected chi connectivity index (χ4v) is 6.18. The van der Waals surface area contributed by atoms with Crippen LogP contribution in [0.1, 0.15) is 33.6 Å². The molecule has 0 N–H and O–H groups in total. The van der Waals surface area contributed by atoms with E-state index in [0.717, 1.165) is 10.2 Å². The number of amides is 1. The van der Waals surface area contributed by atoms with Crippen molar-refractivity contribution in [1.82, 2.24) is 9.21 Å². The Morgan fingerprint density at radius 1 is 1.42 bits per heavy atom. The number of hydrogen-bond donors (Lipinski definition) is 0. The van der Waals surface area contributed by atoms with Crippen molar-refractivity contribution in [3.05, 3.63) is 15.9 Å². The summed E-state index contributed by atoms with van der Waals surface area (Å²) in [4.78, 5) is 13.7. The van der Waals surface area contributed by atoms with Crippen LogP contribution in [0.15, 0.2) is 20.1 Å². The number of sulfonamides is 1. The van der Waals surface area contributed by atoms with Crippen molar-refractivity contribution in [1.29, 1.82) is 0 Å². The molecule has 6 nitrogen and oxygen atoms in total. The second kappa shape index (κ2) is 7.31. The Labute approximate surface area is 156 Å². The number of nitrogens with zero attached hydrogens (tertiary/aromatic N) is 2. The lowest BCUT2D eigenvalue weighted by atomic mass is 10.1. The SMILES string of the molecule is CN(C(=O)OC(C)(C)C)[C@@H]1CCCN(S(=O)(=O)c2ccc(Br)s2)C1. The second-order valence-electron chi connectivity index (χ2n) is 6.81. The lowest BCUT2D eigenvalue weighted by Gasteiger charge is -2.37. The number of hydrogen-bond acceptors (Lipinski definition) is 5. The number of likely N-dealkylation sites (N-methyl/N-ethyl adjacent to an activating group) is 1. The van der Waals surface area contributed by atoms with Gasteiger partial charge < -0.3 is 9.64 Å². The largest absolute Gasteiger partial charge is 0.444 e. The third-order valence-electron chi connectivity index (χ3n) is 3.73. The number of halogens is 1. The number of carbonyl (C=O) groups excluding carboxylic acids is 1. The van der Waals surface area contributed by atoms with E-state index in [9.17, 15) is 13.2 Å². The highest BCUT2D eigenvalue weighted by Crippen LogP contribution is 2.30. The number of carbonyl (C=O) groups is 1. The summed E-state index contributed by atoms with van der Waals surface area (Å²) < 4.78 is 33.4. The van der Waals surface area contributed by atoms with Crippen molar-refractivity contribution >= 4 is 43.4 Å². The first-order chi connectivity index (χ1) is 11.0. The predicted octanol–water partition coefficient (Wildman–Crippen LogP) is 3.53. The van der Waals surface area contributed by atoms with Gasteiger partial charge in [0.2, 0.25) is 0 Å². The van der Waals surface area contributed by atoms with E-state index in [4.69, 9.17) is 4.74 Å². The van der Waals surface area contributed by atoms with Crippen LogP contribution in [0.25, 0.3) is 0 Å². The Hall–Kier alpha value is -0.640. The molecule has 0 unspecified atom stereocenters. The fourth-order valence-electron chi connectivity index (χ4n) is 2.50. The minimum Gasteiger partial charge on any atom is -0.444 e. The van der Waals surface area contributed by atoms with Crippen molar-refractivity contribution in [2.24, 2.45) is 0 Å². The van der Waals surface area contributed by atoms with Crippen LogP contribution in [-0.2, 0) is 14.8 Å². The molecule has 1 aromatic heterocycles. The van der Waals surface area contributed by atoms with Crippen molar-refractivity contribution in [2.45, 2.75) is 49.5 Å². The molecule has 1 aliphatic rings. The molecule has 1 atom stereocenters. The smallest absolute Gasteiger partial charge is 0.410 e. The van der Waals surface area contributed by atoms with Gasteiger partial charge in [-0.3, -0.25) is 0 Å². The van der Waals surface area contributed by atoms with Gasteiger partial charge in [-0.2, -0.15) is 4.31 Å². The summed E-state index contributed by atoms with van der Waals surface area (Å²) in [5.41, 5.74) is -0.574. The molecule has 136 valence electrons. The monoisotopic (exact) mass is 438 g/mol. The van der Waals surface area contributed by atoms with Gasteiger partial charge in [0.05, 0.1) is 3.79 Å². The Balaban J connectivity index is 2.10. The summed E-state index contributed by atoms with van der Waals surface area (Å²) in [5, 5.41) is 0. The molecule has 1 aliphatic heterocycles. The van der Waals surface area contributed by atoms with Crippen LogP contribution < -0.4 is 0 Å². The number of rotatable bonds is 3. The van der Waals surface area contributed by atoms with E-state index in [1.807, 2.05) is 20.8 Å². The molecular weight excluding hydrogens is 416 g/mol. The average molecular weight is 439 g/mol. The van der Waals surface area contributed by atoms with Gasteiger partial charge in [-0.05, 0) is 61.7 Å². The Morgan fingerprint density at radius 3 is 2.62 bits per heavy atom. The number of thiophene rings is 1. The van der Waals surface area contributed by atoms with E-state index in [1.54, 1.807) is 19.2 Å². The molecule has 0 aliphatic carbocycles. The average Bonchev–Trinajstić information content (AvgIpc) is 2.92. The van der Waals surface area contributed by atoms with E-state index in [1.165, 1.54) is 20.5 Å². The zero-order valence-corrected chi connectivity index (χ0v) is 17.5. The molecule has 2 heterocycles. The summed E-state index contributed by atoms with van der Waals surface area (Å²) in [7, 11) is -1.86. The number of piperidine rings is 1. The predicted molar refractivity (Wildman–Crippen MR) is 97.8 cm³/mol. The van der Waals surface area contributed by atoms with Gasteiger partial charge >= 0.3 is 6.09 Å². The third kappa shape index (κ3) is 4.71. The van der Waals surface area contributed by atoms with Gasteiger partial charge in [0.15, 0.2) is 0 Å². The molecule has 0 spiro atoms. The minimum atomic E-state index is -3.53. The molecule has 0 saturated carbocycles. The van der Waals surface area contributed by atoms with Crippen LogP contribution in [0.5, 0.6) is 0 Å². The Kier molecular flexibility index (Phi) is 5.99. The van der Waals surface area contributed by atoms with Gasteiger partial charge in [-0.1, -0.05) is 0 Å². The van der Waals surface area contributed by atoms with Crippen molar-refractivity contribution < 1.29 is 17.9 Å². The van der Waals surface area contributed by atoms with Crippen LogP contribution in [0.3, 0.4) is 0 Å². The zero-order valence-electron chi connectivity index (χ0n) is 14.3. The maximum atomic E-state index is 12.7. The molecule has 0 aromatic carbocycles. The molecule has 1 amide bonds. The summed E-state index contributed by atoms with van der Waals surface area (Å²) in [6.45, 7) is 6.19. The quantitative estimate of drug-likeness (QED) is 0.723. The van der Waals surface area contributed by atoms with Gasteiger partial charge in [0.25, 0.3) is 10.0 Å². The zero-order chi connectivity index (χ0) is 18.1. The summed E-state index contributed by atoms with van der Waals surface area (Å²) in [5.74, 6) is 0. The normalized spacial score (nSPS) is 20.0. The first-order valence-corrected chi connectivity index (χ1v) is 10.8. The maximum absolute atomic E-state index is 12.7. The lowest BCUT2D eigenvalue weighted by molar-refractivity contribution is 0.0173. The molecule has 24 heavy (non-hydrogen) atoms. The van der Waals surface area contributed by atoms with Crippen LogP contribution >= 0.6 is 27.3 Å². The molecular formula is C15H23BrN2O4S2.